The van der Waals surface area contributed by atoms with Gasteiger partial charge >= 0.3 is 0 Å². The third-order valence-electron chi connectivity index (χ3n) is 4.84. The van der Waals surface area contributed by atoms with Crippen LogP contribution in [0, 0.1) is 6.92 Å². The number of aryl methyl sites for hydroxylation is 1. The minimum Gasteiger partial charge on any atom is -0.379 e. The molecule has 122 valence electrons. The lowest BCUT2D eigenvalue weighted by Crippen LogP contribution is -2.45. The standard InChI is InChI=1S/C15H23ClN4O2/c1-10-8-12(19-4-6-22-7-5-19)9-20(10)15(21)14-13(16)11(2)18(3)17-14/h10,12H,4-9H2,1-3H3. The fourth-order valence-corrected chi connectivity index (χ4v) is 3.59. The third kappa shape index (κ3) is 2.75. The molecule has 1 aromatic rings. The van der Waals surface area contributed by atoms with Crippen molar-refractivity contribution in [2.24, 2.45) is 7.05 Å². The average molecular weight is 327 g/mol. The highest BCUT2D eigenvalue weighted by Crippen LogP contribution is 2.27. The van der Waals surface area contributed by atoms with E-state index in [0.29, 0.717) is 16.8 Å². The van der Waals surface area contributed by atoms with Gasteiger partial charge in [0.1, 0.15) is 0 Å². The van der Waals surface area contributed by atoms with Crippen LogP contribution in [-0.2, 0) is 11.8 Å². The number of rotatable bonds is 2. The fourth-order valence-electron chi connectivity index (χ4n) is 3.35. The Balaban J connectivity index is 1.74. The van der Waals surface area contributed by atoms with Gasteiger partial charge in [0.25, 0.3) is 5.91 Å². The van der Waals surface area contributed by atoms with Gasteiger partial charge < -0.3 is 9.64 Å². The molecule has 2 atom stereocenters. The Bertz CT molecular complexity index is 568. The second-order valence-electron chi connectivity index (χ2n) is 6.22. The Kier molecular flexibility index (Phi) is 4.43. The van der Waals surface area contributed by atoms with Gasteiger partial charge in [-0.2, -0.15) is 5.10 Å². The van der Waals surface area contributed by atoms with Crippen molar-refractivity contribution in [3.63, 3.8) is 0 Å². The van der Waals surface area contributed by atoms with Gasteiger partial charge in [-0.3, -0.25) is 14.4 Å². The number of hydrogen-bond donors (Lipinski definition) is 0. The van der Waals surface area contributed by atoms with Crippen molar-refractivity contribution < 1.29 is 9.53 Å². The smallest absolute Gasteiger partial charge is 0.276 e. The summed E-state index contributed by atoms with van der Waals surface area (Å²) in [7, 11) is 1.81. The Labute approximate surface area is 136 Å². The molecule has 2 saturated heterocycles. The number of hydrogen-bond acceptors (Lipinski definition) is 4. The molecule has 0 aliphatic carbocycles. The zero-order valence-corrected chi connectivity index (χ0v) is 14.1. The van der Waals surface area contributed by atoms with Crippen molar-refractivity contribution in [1.29, 1.82) is 0 Å². The lowest BCUT2D eigenvalue weighted by molar-refractivity contribution is 0.0184. The van der Waals surface area contributed by atoms with Gasteiger partial charge in [0.15, 0.2) is 5.69 Å². The van der Waals surface area contributed by atoms with E-state index in [4.69, 9.17) is 16.3 Å². The van der Waals surface area contributed by atoms with E-state index >= 15 is 0 Å². The third-order valence-corrected chi connectivity index (χ3v) is 5.29. The molecule has 22 heavy (non-hydrogen) atoms. The molecule has 1 aromatic heterocycles. The summed E-state index contributed by atoms with van der Waals surface area (Å²) in [5.41, 5.74) is 1.19. The van der Waals surface area contributed by atoms with Gasteiger partial charge in [-0.15, -0.1) is 0 Å². The SMILES string of the molecule is Cc1c(Cl)c(C(=O)N2CC(N3CCOCC3)CC2C)nn1C. The molecule has 2 fully saturated rings. The summed E-state index contributed by atoms with van der Waals surface area (Å²) in [5.74, 6) is -0.0584. The summed E-state index contributed by atoms with van der Waals surface area (Å²) in [4.78, 5) is 17.1. The first-order valence-corrected chi connectivity index (χ1v) is 8.18. The molecule has 0 N–H and O–H groups in total. The molecule has 0 bridgehead atoms. The second-order valence-corrected chi connectivity index (χ2v) is 6.59. The van der Waals surface area contributed by atoms with Gasteiger partial charge in [-0.1, -0.05) is 11.6 Å². The summed E-state index contributed by atoms with van der Waals surface area (Å²) < 4.78 is 7.07. The number of carbonyl (C=O) groups excluding carboxylic acids is 1. The van der Waals surface area contributed by atoms with Crippen LogP contribution in [0.1, 0.15) is 29.5 Å². The first kappa shape index (κ1) is 15.8. The molecule has 1 amide bonds. The van der Waals surface area contributed by atoms with E-state index in [1.807, 2.05) is 18.9 Å². The maximum Gasteiger partial charge on any atom is 0.276 e. The lowest BCUT2D eigenvalue weighted by Gasteiger charge is -2.31. The van der Waals surface area contributed by atoms with Crippen LogP contribution in [0.2, 0.25) is 5.02 Å². The van der Waals surface area contributed by atoms with Crippen molar-refractivity contribution in [2.45, 2.75) is 32.4 Å². The first-order chi connectivity index (χ1) is 10.5. The molecule has 6 nitrogen and oxygen atoms in total. The number of aromatic nitrogens is 2. The van der Waals surface area contributed by atoms with Crippen molar-refractivity contribution in [2.75, 3.05) is 32.8 Å². The van der Waals surface area contributed by atoms with E-state index in [9.17, 15) is 4.79 Å². The van der Waals surface area contributed by atoms with Crippen LogP contribution >= 0.6 is 11.6 Å². The average Bonchev–Trinajstić information content (AvgIpc) is 3.03. The summed E-state index contributed by atoms with van der Waals surface area (Å²) in [6, 6.07) is 0.616. The molecule has 2 unspecified atom stereocenters. The Morgan fingerprint density at radius 1 is 1.36 bits per heavy atom. The van der Waals surface area contributed by atoms with E-state index in [1.54, 1.807) is 4.68 Å². The van der Waals surface area contributed by atoms with Crippen LogP contribution in [0.4, 0.5) is 0 Å². The Morgan fingerprint density at radius 2 is 2.05 bits per heavy atom. The molecule has 2 aliphatic rings. The highest BCUT2D eigenvalue weighted by Gasteiger charge is 2.37. The van der Waals surface area contributed by atoms with Crippen LogP contribution in [0.15, 0.2) is 0 Å². The maximum absolute atomic E-state index is 12.8. The van der Waals surface area contributed by atoms with Crippen molar-refractivity contribution in [3.8, 4) is 0 Å². The number of carbonyl (C=O) groups is 1. The molecule has 0 radical (unpaired) electrons. The van der Waals surface area contributed by atoms with Gasteiger partial charge in [0, 0.05) is 38.8 Å². The van der Waals surface area contributed by atoms with Crippen molar-refractivity contribution in [1.82, 2.24) is 19.6 Å². The quantitative estimate of drug-likeness (QED) is 0.822. The highest BCUT2D eigenvalue weighted by molar-refractivity contribution is 6.34. The monoisotopic (exact) mass is 326 g/mol. The number of amides is 1. The molecule has 0 aromatic carbocycles. The number of ether oxygens (including phenoxy) is 1. The van der Waals surface area contributed by atoms with Gasteiger partial charge in [0.05, 0.1) is 23.9 Å². The summed E-state index contributed by atoms with van der Waals surface area (Å²) in [6.45, 7) is 8.17. The second kappa shape index (κ2) is 6.18. The Hall–Kier alpha value is -1.11. The van der Waals surface area contributed by atoms with Crippen LogP contribution in [0.5, 0.6) is 0 Å². The van der Waals surface area contributed by atoms with E-state index in [1.165, 1.54) is 0 Å². The number of nitrogens with zero attached hydrogens (tertiary/aromatic N) is 4. The summed E-state index contributed by atoms with van der Waals surface area (Å²) >= 11 is 6.26. The van der Waals surface area contributed by atoms with E-state index in [-0.39, 0.29) is 11.9 Å². The molecule has 3 heterocycles. The zero-order chi connectivity index (χ0) is 15.9. The van der Waals surface area contributed by atoms with Crippen LogP contribution in [0.3, 0.4) is 0 Å². The summed E-state index contributed by atoms with van der Waals surface area (Å²) in [5, 5.41) is 4.75. The molecule has 7 heteroatoms. The number of halogens is 1. The molecule has 0 saturated carbocycles. The predicted octanol–water partition coefficient (Wildman–Crippen LogP) is 1.32. The number of likely N-dealkylation sites (tertiary alicyclic amines) is 1. The lowest BCUT2D eigenvalue weighted by atomic mass is 10.1. The van der Waals surface area contributed by atoms with Crippen LogP contribution in [0.25, 0.3) is 0 Å². The van der Waals surface area contributed by atoms with E-state index in [2.05, 4.69) is 16.9 Å². The molecule has 0 spiro atoms. The van der Waals surface area contributed by atoms with Crippen LogP contribution in [-0.4, -0.2) is 70.4 Å². The highest BCUT2D eigenvalue weighted by atomic mass is 35.5. The zero-order valence-electron chi connectivity index (χ0n) is 13.4. The number of morpholine rings is 1. The minimum atomic E-state index is -0.0584. The Morgan fingerprint density at radius 3 is 2.64 bits per heavy atom. The van der Waals surface area contributed by atoms with Gasteiger partial charge in [-0.25, -0.2) is 0 Å². The normalized spacial score (nSPS) is 26.6. The minimum absolute atomic E-state index is 0.0584. The van der Waals surface area contributed by atoms with Gasteiger partial charge in [0.2, 0.25) is 0 Å². The van der Waals surface area contributed by atoms with E-state index < -0.39 is 0 Å². The topological polar surface area (TPSA) is 50.6 Å². The fraction of sp³-hybridized carbons (Fsp3) is 0.733. The van der Waals surface area contributed by atoms with Crippen molar-refractivity contribution in [3.05, 3.63) is 16.4 Å². The molecular formula is C15H23ClN4O2. The predicted molar refractivity (Wildman–Crippen MR) is 84.3 cm³/mol. The summed E-state index contributed by atoms with van der Waals surface area (Å²) in [6.07, 6.45) is 0.995. The first-order valence-electron chi connectivity index (χ1n) is 7.81. The van der Waals surface area contributed by atoms with Crippen LogP contribution < -0.4 is 0 Å². The largest absolute Gasteiger partial charge is 0.379 e. The van der Waals surface area contributed by atoms with Gasteiger partial charge in [-0.05, 0) is 20.3 Å². The molecular weight excluding hydrogens is 304 g/mol. The van der Waals surface area contributed by atoms with Crippen molar-refractivity contribution >= 4 is 17.5 Å². The van der Waals surface area contributed by atoms with E-state index in [0.717, 1.165) is 45.0 Å². The molecule has 3 rings (SSSR count). The molecule has 2 aliphatic heterocycles. The maximum atomic E-state index is 12.8.